The Labute approximate surface area is 190 Å². The van der Waals surface area contributed by atoms with Gasteiger partial charge >= 0.3 is 6.36 Å². The summed E-state index contributed by atoms with van der Waals surface area (Å²) >= 11 is 5.67. The standard InChI is InChI=1S/C20H20ClF4N3O5/c21-11-1-3-15(14(22)7-11)31-9-17(29)26-12-2-4-16(30-8-12)19-28-27-18(32-19)10-5-13(6-10)33-20(23,24)25/h1,3,7,10,12-13,16H,2,4-6,8-9H2,(H,26,29)/t10-,12-,13+,16+/m1/s1. The highest BCUT2D eigenvalue weighted by atomic mass is 35.5. The van der Waals surface area contributed by atoms with Gasteiger partial charge in [-0.15, -0.1) is 23.4 Å². The topological polar surface area (TPSA) is 95.7 Å². The second-order valence-electron chi connectivity index (χ2n) is 7.86. The van der Waals surface area contributed by atoms with Crippen molar-refractivity contribution in [3.05, 3.63) is 40.8 Å². The van der Waals surface area contributed by atoms with Gasteiger partial charge in [0.15, 0.2) is 18.2 Å². The zero-order valence-electron chi connectivity index (χ0n) is 17.1. The average molecular weight is 494 g/mol. The van der Waals surface area contributed by atoms with E-state index in [0.717, 1.165) is 6.07 Å². The molecule has 1 aliphatic carbocycles. The first-order valence-corrected chi connectivity index (χ1v) is 10.6. The predicted molar refractivity (Wildman–Crippen MR) is 104 cm³/mol. The van der Waals surface area contributed by atoms with Crippen LogP contribution in [0.2, 0.25) is 5.02 Å². The quantitative estimate of drug-likeness (QED) is 0.581. The van der Waals surface area contributed by atoms with Crippen LogP contribution in [0, 0.1) is 5.82 Å². The molecule has 2 fully saturated rings. The molecule has 2 heterocycles. The molecule has 1 aromatic carbocycles. The Morgan fingerprint density at radius 2 is 1.97 bits per heavy atom. The zero-order valence-corrected chi connectivity index (χ0v) is 17.9. The molecule has 33 heavy (non-hydrogen) atoms. The molecule has 4 rings (SSSR count). The van der Waals surface area contributed by atoms with Crippen LogP contribution in [0.25, 0.3) is 0 Å². The van der Waals surface area contributed by atoms with Crippen molar-refractivity contribution in [3.63, 3.8) is 0 Å². The van der Waals surface area contributed by atoms with E-state index in [2.05, 4.69) is 20.3 Å². The van der Waals surface area contributed by atoms with E-state index in [1.807, 2.05) is 0 Å². The summed E-state index contributed by atoms with van der Waals surface area (Å²) in [7, 11) is 0. The van der Waals surface area contributed by atoms with Crippen LogP contribution < -0.4 is 10.1 Å². The third-order valence-electron chi connectivity index (χ3n) is 5.37. The lowest BCUT2D eigenvalue weighted by molar-refractivity contribution is -0.352. The minimum Gasteiger partial charge on any atom is -0.481 e. The van der Waals surface area contributed by atoms with E-state index in [1.165, 1.54) is 12.1 Å². The van der Waals surface area contributed by atoms with Crippen molar-refractivity contribution < 1.29 is 41.0 Å². The normalized spacial score (nSPS) is 25.4. The predicted octanol–water partition coefficient (Wildman–Crippen LogP) is 4.06. The van der Waals surface area contributed by atoms with Crippen molar-refractivity contribution in [2.24, 2.45) is 0 Å². The second-order valence-corrected chi connectivity index (χ2v) is 8.30. The molecule has 2 atom stereocenters. The van der Waals surface area contributed by atoms with Gasteiger partial charge in [-0.2, -0.15) is 0 Å². The fourth-order valence-electron chi connectivity index (χ4n) is 3.66. The summed E-state index contributed by atoms with van der Waals surface area (Å²) in [5, 5.41) is 10.8. The molecule has 0 unspecified atom stereocenters. The van der Waals surface area contributed by atoms with Gasteiger partial charge in [0.05, 0.1) is 18.8 Å². The average Bonchev–Trinajstić information content (AvgIpc) is 3.19. The van der Waals surface area contributed by atoms with Gasteiger partial charge in [-0.3, -0.25) is 9.53 Å². The first-order valence-electron chi connectivity index (χ1n) is 10.2. The van der Waals surface area contributed by atoms with E-state index in [9.17, 15) is 22.4 Å². The van der Waals surface area contributed by atoms with Gasteiger partial charge in [-0.25, -0.2) is 4.39 Å². The van der Waals surface area contributed by atoms with Crippen molar-refractivity contribution in [1.29, 1.82) is 0 Å². The Kier molecular flexibility index (Phi) is 7.05. The van der Waals surface area contributed by atoms with Gasteiger partial charge in [-0.05, 0) is 43.9 Å². The summed E-state index contributed by atoms with van der Waals surface area (Å²) in [5.41, 5.74) is 0. The van der Waals surface area contributed by atoms with E-state index < -0.39 is 30.3 Å². The molecule has 180 valence electrons. The fourth-order valence-corrected chi connectivity index (χ4v) is 3.82. The molecule has 1 aromatic heterocycles. The van der Waals surface area contributed by atoms with E-state index in [4.69, 9.17) is 25.5 Å². The smallest absolute Gasteiger partial charge is 0.481 e. The van der Waals surface area contributed by atoms with Gasteiger partial charge in [0.2, 0.25) is 11.8 Å². The van der Waals surface area contributed by atoms with Crippen LogP contribution in [0.5, 0.6) is 5.75 Å². The number of amides is 1. The van der Waals surface area contributed by atoms with E-state index in [-0.39, 0.29) is 60.6 Å². The Morgan fingerprint density at radius 1 is 1.21 bits per heavy atom. The highest BCUT2D eigenvalue weighted by molar-refractivity contribution is 6.30. The summed E-state index contributed by atoms with van der Waals surface area (Å²) < 4.78 is 70.8. The lowest BCUT2D eigenvalue weighted by Crippen LogP contribution is -2.43. The molecule has 0 bridgehead atoms. The van der Waals surface area contributed by atoms with Crippen molar-refractivity contribution in [1.82, 2.24) is 15.5 Å². The maximum absolute atomic E-state index is 13.7. The largest absolute Gasteiger partial charge is 0.522 e. The number of aromatic nitrogens is 2. The van der Waals surface area contributed by atoms with Crippen LogP contribution in [-0.4, -0.2) is 47.8 Å². The van der Waals surface area contributed by atoms with Crippen LogP contribution in [0.15, 0.2) is 22.6 Å². The Bertz CT molecular complexity index is 975. The second kappa shape index (κ2) is 9.82. The SMILES string of the molecule is O=C(COc1ccc(Cl)cc1F)N[C@@H]1CC[C@@H](c2nnc([C@H]3C[C@@H](OC(F)(F)F)C3)o2)OC1. The van der Waals surface area contributed by atoms with Gasteiger partial charge in [0.25, 0.3) is 5.91 Å². The van der Waals surface area contributed by atoms with Gasteiger partial charge < -0.3 is 19.2 Å². The Hall–Kier alpha value is -2.44. The molecule has 8 nitrogen and oxygen atoms in total. The van der Waals surface area contributed by atoms with Crippen molar-refractivity contribution in [3.8, 4) is 5.75 Å². The van der Waals surface area contributed by atoms with Gasteiger partial charge in [-0.1, -0.05) is 11.6 Å². The number of benzene rings is 1. The molecule has 0 radical (unpaired) electrons. The number of hydrogen-bond acceptors (Lipinski definition) is 7. The Morgan fingerprint density at radius 3 is 2.64 bits per heavy atom. The number of nitrogens with one attached hydrogen (secondary N) is 1. The van der Waals surface area contributed by atoms with E-state index in [1.54, 1.807) is 0 Å². The number of alkyl halides is 3. The van der Waals surface area contributed by atoms with Gasteiger partial charge in [0, 0.05) is 10.9 Å². The molecule has 13 heteroatoms. The van der Waals surface area contributed by atoms with Crippen molar-refractivity contribution in [2.75, 3.05) is 13.2 Å². The van der Waals surface area contributed by atoms with Gasteiger partial charge in [0.1, 0.15) is 6.10 Å². The summed E-state index contributed by atoms with van der Waals surface area (Å²) in [6.07, 6.45) is -4.67. The highest BCUT2D eigenvalue weighted by Gasteiger charge is 2.42. The van der Waals surface area contributed by atoms with E-state index >= 15 is 0 Å². The summed E-state index contributed by atoms with van der Waals surface area (Å²) in [6, 6.07) is 3.61. The molecule has 0 spiro atoms. The first-order chi connectivity index (χ1) is 15.7. The number of carbonyl (C=O) groups is 1. The maximum Gasteiger partial charge on any atom is 0.522 e. The first kappa shape index (κ1) is 23.7. The molecule has 2 aromatic rings. The van der Waals surface area contributed by atoms with Crippen LogP contribution in [-0.2, 0) is 14.3 Å². The molecule has 1 saturated heterocycles. The number of rotatable bonds is 7. The van der Waals surface area contributed by atoms with E-state index in [0.29, 0.717) is 12.8 Å². The molecule has 1 saturated carbocycles. The fraction of sp³-hybridized carbons (Fsp3) is 0.550. The molecular weight excluding hydrogens is 474 g/mol. The molecular formula is C20H20ClF4N3O5. The number of ether oxygens (including phenoxy) is 3. The lowest BCUT2D eigenvalue weighted by atomic mass is 9.82. The molecule has 2 aliphatic rings. The summed E-state index contributed by atoms with van der Waals surface area (Å²) in [5.74, 6) is -0.946. The molecule has 1 N–H and O–H groups in total. The number of hydrogen-bond donors (Lipinski definition) is 1. The van der Waals surface area contributed by atoms with Crippen molar-refractivity contribution in [2.45, 2.75) is 56.2 Å². The minimum atomic E-state index is -4.66. The van der Waals surface area contributed by atoms with Crippen LogP contribution >= 0.6 is 11.6 Å². The van der Waals surface area contributed by atoms with Crippen molar-refractivity contribution >= 4 is 17.5 Å². The Balaban J connectivity index is 1.18. The zero-order chi connectivity index (χ0) is 23.6. The maximum atomic E-state index is 13.7. The third-order valence-corrected chi connectivity index (χ3v) is 5.60. The summed E-state index contributed by atoms with van der Waals surface area (Å²) in [4.78, 5) is 12.1. The lowest BCUT2D eigenvalue weighted by Gasteiger charge is -2.33. The highest BCUT2D eigenvalue weighted by Crippen LogP contribution is 2.41. The number of halogens is 5. The monoisotopic (exact) mass is 493 g/mol. The molecule has 1 amide bonds. The third kappa shape index (κ3) is 6.33. The van der Waals surface area contributed by atoms with Crippen LogP contribution in [0.4, 0.5) is 17.6 Å². The van der Waals surface area contributed by atoms with Crippen LogP contribution in [0.3, 0.4) is 0 Å². The number of carbonyl (C=O) groups excluding carboxylic acids is 1. The summed E-state index contributed by atoms with van der Waals surface area (Å²) in [6.45, 7) is -0.180. The van der Waals surface area contributed by atoms with Crippen LogP contribution in [0.1, 0.15) is 49.5 Å². The minimum absolute atomic E-state index is 0.0792. The number of nitrogens with zero attached hydrogens (tertiary/aromatic N) is 2. The molecule has 1 aliphatic heterocycles.